The maximum absolute atomic E-state index is 10.0. The summed E-state index contributed by atoms with van der Waals surface area (Å²) < 4.78 is 10.5. The van der Waals surface area contributed by atoms with Gasteiger partial charge in [-0.3, -0.25) is 4.79 Å². The summed E-state index contributed by atoms with van der Waals surface area (Å²) >= 11 is 0. The van der Waals surface area contributed by atoms with Gasteiger partial charge in [0, 0.05) is 13.0 Å². The number of aliphatic hydroxyl groups is 1. The molecule has 0 saturated carbocycles. The molecule has 0 aromatic heterocycles. The molecule has 2 unspecified atom stereocenters. The second kappa shape index (κ2) is 17.4. The number of carboxylic acid groups (broad SMARTS) is 1. The SMILES string of the molecule is CCCCCCCC(=O)O.CCOC(C)COC(C)CO. The minimum atomic E-state index is -0.670. The number of carboxylic acids is 1. The third kappa shape index (κ3) is 21.8. The van der Waals surface area contributed by atoms with Crippen molar-refractivity contribution in [3.05, 3.63) is 0 Å². The molecule has 0 aromatic carbocycles. The molecule has 0 aliphatic rings. The van der Waals surface area contributed by atoms with Gasteiger partial charge in [-0.15, -0.1) is 0 Å². The molecule has 2 atom stereocenters. The van der Waals surface area contributed by atoms with Crippen molar-refractivity contribution in [2.24, 2.45) is 0 Å². The molecule has 0 bridgehead atoms. The lowest BCUT2D eigenvalue weighted by atomic mass is 10.1. The quantitative estimate of drug-likeness (QED) is 0.541. The van der Waals surface area contributed by atoms with E-state index in [-0.39, 0.29) is 18.8 Å². The zero-order valence-corrected chi connectivity index (χ0v) is 14.1. The Morgan fingerprint density at radius 3 is 2.10 bits per heavy atom. The molecular weight excluding hydrogens is 272 g/mol. The molecule has 0 heterocycles. The van der Waals surface area contributed by atoms with Gasteiger partial charge in [0.25, 0.3) is 0 Å². The number of ether oxygens (including phenoxy) is 2. The van der Waals surface area contributed by atoms with E-state index in [2.05, 4.69) is 6.92 Å². The van der Waals surface area contributed by atoms with Gasteiger partial charge in [0.1, 0.15) is 0 Å². The van der Waals surface area contributed by atoms with Crippen LogP contribution in [0.25, 0.3) is 0 Å². The van der Waals surface area contributed by atoms with E-state index in [1.807, 2.05) is 20.8 Å². The van der Waals surface area contributed by atoms with Crippen LogP contribution in [0.3, 0.4) is 0 Å². The first-order chi connectivity index (χ1) is 9.97. The first kappa shape index (κ1) is 22.6. The molecule has 0 aliphatic carbocycles. The summed E-state index contributed by atoms with van der Waals surface area (Å²) in [4.78, 5) is 10.0. The van der Waals surface area contributed by atoms with Gasteiger partial charge in [-0.2, -0.15) is 0 Å². The van der Waals surface area contributed by atoms with Gasteiger partial charge in [-0.05, 0) is 27.2 Å². The van der Waals surface area contributed by atoms with Gasteiger partial charge in [-0.1, -0.05) is 32.6 Å². The summed E-state index contributed by atoms with van der Waals surface area (Å²) in [5.74, 6) is -0.670. The number of carbonyl (C=O) groups is 1. The van der Waals surface area contributed by atoms with Crippen LogP contribution in [0.15, 0.2) is 0 Å². The largest absolute Gasteiger partial charge is 0.481 e. The van der Waals surface area contributed by atoms with Crippen LogP contribution in [0.5, 0.6) is 0 Å². The number of hydrogen-bond donors (Lipinski definition) is 2. The number of unbranched alkanes of at least 4 members (excludes halogenated alkanes) is 4. The van der Waals surface area contributed by atoms with Gasteiger partial charge in [0.05, 0.1) is 25.4 Å². The van der Waals surface area contributed by atoms with Gasteiger partial charge in [-0.25, -0.2) is 0 Å². The maximum atomic E-state index is 10.0. The Balaban J connectivity index is 0. The third-order valence-corrected chi connectivity index (χ3v) is 2.82. The van der Waals surface area contributed by atoms with Crippen molar-refractivity contribution in [2.75, 3.05) is 19.8 Å². The van der Waals surface area contributed by atoms with Crippen LogP contribution in [0.2, 0.25) is 0 Å². The van der Waals surface area contributed by atoms with E-state index in [1.165, 1.54) is 19.3 Å². The first-order valence-electron chi connectivity index (χ1n) is 8.03. The Bertz CT molecular complexity index is 221. The molecule has 0 rings (SSSR count). The van der Waals surface area contributed by atoms with Crippen molar-refractivity contribution >= 4 is 5.97 Å². The Morgan fingerprint density at radius 2 is 1.62 bits per heavy atom. The van der Waals surface area contributed by atoms with Crippen LogP contribution in [0.4, 0.5) is 0 Å². The Morgan fingerprint density at radius 1 is 1.00 bits per heavy atom. The topological polar surface area (TPSA) is 76.0 Å². The van der Waals surface area contributed by atoms with Crippen LogP contribution < -0.4 is 0 Å². The molecule has 2 N–H and O–H groups in total. The van der Waals surface area contributed by atoms with E-state index in [9.17, 15) is 4.79 Å². The molecule has 0 spiro atoms. The monoisotopic (exact) mass is 306 g/mol. The number of aliphatic hydroxyl groups excluding tert-OH is 1. The molecule has 0 amide bonds. The predicted octanol–water partition coefficient (Wildman–Crippen LogP) is 3.24. The highest BCUT2D eigenvalue weighted by atomic mass is 16.5. The standard InChI is InChI=1S/C8H18O3.C8H16O2/c1-4-10-8(3)6-11-7(2)5-9;1-2-3-4-5-6-7-8(9)10/h7-9H,4-6H2,1-3H3;2-7H2,1H3,(H,9,10). The lowest BCUT2D eigenvalue weighted by molar-refractivity contribution is -0.137. The van der Waals surface area contributed by atoms with Crippen LogP contribution in [0, 0.1) is 0 Å². The minimum absolute atomic E-state index is 0.0683. The van der Waals surface area contributed by atoms with E-state index in [0.717, 1.165) is 12.8 Å². The molecule has 0 aliphatic heterocycles. The molecule has 0 aromatic rings. The zero-order chi connectivity index (χ0) is 16.5. The average Bonchev–Trinajstić information content (AvgIpc) is 2.45. The Labute approximate surface area is 129 Å². The average molecular weight is 306 g/mol. The Hall–Kier alpha value is -0.650. The molecule has 128 valence electrons. The highest BCUT2D eigenvalue weighted by molar-refractivity contribution is 5.66. The summed E-state index contributed by atoms with van der Waals surface area (Å²) in [6, 6.07) is 0. The third-order valence-electron chi connectivity index (χ3n) is 2.82. The summed E-state index contributed by atoms with van der Waals surface area (Å²) in [5, 5.41) is 16.9. The molecule has 0 radical (unpaired) electrons. The van der Waals surface area contributed by atoms with Crippen molar-refractivity contribution in [3.8, 4) is 0 Å². The molecule has 0 fully saturated rings. The number of hydrogen-bond acceptors (Lipinski definition) is 4. The van der Waals surface area contributed by atoms with Crippen molar-refractivity contribution in [3.63, 3.8) is 0 Å². The van der Waals surface area contributed by atoms with E-state index in [0.29, 0.717) is 19.6 Å². The fourth-order valence-electron chi connectivity index (χ4n) is 1.56. The highest BCUT2D eigenvalue weighted by Crippen LogP contribution is 2.04. The summed E-state index contributed by atoms with van der Waals surface area (Å²) in [6.07, 6.45) is 5.92. The van der Waals surface area contributed by atoms with Crippen molar-refractivity contribution < 1.29 is 24.5 Å². The zero-order valence-electron chi connectivity index (χ0n) is 14.1. The highest BCUT2D eigenvalue weighted by Gasteiger charge is 2.04. The summed E-state index contributed by atoms with van der Waals surface area (Å²) in [7, 11) is 0. The van der Waals surface area contributed by atoms with E-state index in [1.54, 1.807) is 0 Å². The smallest absolute Gasteiger partial charge is 0.303 e. The molecule has 0 saturated heterocycles. The fraction of sp³-hybridized carbons (Fsp3) is 0.938. The predicted molar refractivity (Wildman–Crippen MR) is 84.6 cm³/mol. The summed E-state index contributed by atoms with van der Waals surface area (Å²) in [5.41, 5.74) is 0. The van der Waals surface area contributed by atoms with E-state index in [4.69, 9.17) is 19.7 Å². The molecular formula is C16H34O5. The van der Waals surface area contributed by atoms with E-state index >= 15 is 0 Å². The summed E-state index contributed by atoms with van der Waals surface area (Å²) in [6.45, 7) is 9.21. The van der Waals surface area contributed by atoms with Gasteiger partial charge in [0.2, 0.25) is 0 Å². The normalized spacial score (nSPS) is 13.2. The second-order valence-corrected chi connectivity index (χ2v) is 5.15. The molecule has 21 heavy (non-hydrogen) atoms. The van der Waals surface area contributed by atoms with Crippen molar-refractivity contribution in [2.45, 2.75) is 78.4 Å². The van der Waals surface area contributed by atoms with Gasteiger partial charge >= 0.3 is 5.97 Å². The fourth-order valence-corrected chi connectivity index (χ4v) is 1.56. The Kier molecular flexibility index (Phi) is 18.8. The van der Waals surface area contributed by atoms with Crippen LogP contribution >= 0.6 is 0 Å². The minimum Gasteiger partial charge on any atom is -0.481 e. The van der Waals surface area contributed by atoms with Crippen LogP contribution in [-0.4, -0.2) is 48.2 Å². The van der Waals surface area contributed by atoms with Crippen molar-refractivity contribution in [1.82, 2.24) is 0 Å². The van der Waals surface area contributed by atoms with Gasteiger partial charge < -0.3 is 19.7 Å². The molecule has 5 nitrogen and oxygen atoms in total. The van der Waals surface area contributed by atoms with Crippen LogP contribution in [-0.2, 0) is 14.3 Å². The van der Waals surface area contributed by atoms with Crippen LogP contribution in [0.1, 0.15) is 66.2 Å². The van der Waals surface area contributed by atoms with E-state index < -0.39 is 5.97 Å². The van der Waals surface area contributed by atoms with Crippen molar-refractivity contribution in [1.29, 1.82) is 0 Å². The maximum Gasteiger partial charge on any atom is 0.303 e. The second-order valence-electron chi connectivity index (χ2n) is 5.15. The van der Waals surface area contributed by atoms with Gasteiger partial charge in [0.15, 0.2) is 0 Å². The lowest BCUT2D eigenvalue weighted by Gasteiger charge is -2.14. The number of rotatable bonds is 12. The molecule has 5 heteroatoms. The lowest BCUT2D eigenvalue weighted by Crippen LogP contribution is -2.22. The first-order valence-corrected chi connectivity index (χ1v) is 8.03. The number of aliphatic carboxylic acids is 1.